The largest absolute Gasteiger partial charge is 0.384 e. The Balaban J connectivity index is 3.10. The number of carbonyl (C=O) groups is 1. The summed E-state index contributed by atoms with van der Waals surface area (Å²) < 4.78 is 0. The van der Waals surface area contributed by atoms with E-state index in [0.29, 0.717) is 10.6 Å². The number of hydrogen-bond donors (Lipinski definition) is 1. The third kappa shape index (κ3) is 3.89. The molecule has 0 aliphatic rings. The molecule has 112 valence electrons. The molecule has 1 N–H and O–H groups in total. The van der Waals surface area contributed by atoms with E-state index in [1.165, 1.54) is 0 Å². The Morgan fingerprint density at radius 1 is 1.35 bits per heavy atom. The summed E-state index contributed by atoms with van der Waals surface area (Å²) in [6.07, 6.45) is 1.90. The van der Waals surface area contributed by atoms with Crippen LogP contribution in [0.2, 0.25) is 5.02 Å². The predicted molar refractivity (Wildman–Crippen MR) is 86.7 cm³/mol. The van der Waals surface area contributed by atoms with E-state index < -0.39 is 0 Å². The number of amides is 1. The maximum atomic E-state index is 12.7. The minimum atomic E-state index is -0.179. The first-order chi connectivity index (χ1) is 9.33. The van der Waals surface area contributed by atoms with Crippen molar-refractivity contribution in [3.8, 4) is 0 Å². The second-order valence-corrected chi connectivity index (χ2v) is 6.08. The molecule has 1 amide bonds. The van der Waals surface area contributed by atoms with Gasteiger partial charge < -0.3 is 10.2 Å². The van der Waals surface area contributed by atoms with Gasteiger partial charge >= 0.3 is 0 Å². The van der Waals surface area contributed by atoms with Crippen molar-refractivity contribution in [1.29, 1.82) is 0 Å². The Morgan fingerprint density at radius 2 is 2.00 bits per heavy atom. The highest BCUT2D eigenvalue weighted by Crippen LogP contribution is 2.26. The normalized spacial score (nSPS) is 11.3. The van der Waals surface area contributed by atoms with Gasteiger partial charge in [0.25, 0.3) is 5.91 Å². The van der Waals surface area contributed by atoms with Gasteiger partial charge in [-0.15, -0.1) is 0 Å². The zero-order valence-electron chi connectivity index (χ0n) is 13.1. The highest BCUT2D eigenvalue weighted by Gasteiger charge is 2.27. The van der Waals surface area contributed by atoms with Gasteiger partial charge in [0.15, 0.2) is 0 Å². The van der Waals surface area contributed by atoms with Crippen LogP contribution < -0.4 is 5.32 Å². The monoisotopic (exact) mass is 296 g/mol. The number of hydrogen-bond acceptors (Lipinski definition) is 2. The van der Waals surface area contributed by atoms with Gasteiger partial charge in [0.05, 0.1) is 5.56 Å². The van der Waals surface area contributed by atoms with Gasteiger partial charge in [0.1, 0.15) is 0 Å². The number of nitrogens with zero attached hydrogens (tertiary/aromatic N) is 1. The van der Waals surface area contributed by atoms with Gasteiger partial charge in [-0.05, 0) is 44.9 Å². The van der Waals surface area contributed by atoms with Gasteiger partial charge in [0, 0.05) is 29.8 Å². The summed E-state index contributed by atoms with van der Waals surface area (Å²) in [6.45, 7) is 9.14. The van der Waals surface area contributed by atoms with E-state index in [1.54, 1.807) is 17.0 Å². The van der Waals surface area contributed by atoms with Crippen LogP contribution in [0.5, 0.6) is 0 Å². The summed E-state index contributed by atoms with van der Waals surface area (Å²) in [5, 5.41) is 3.87. The van der Waals surface area contributed by atoms with Crippen LogP contribution in [0, 0.1) is 0 Å². The molecule has 0 heterocycles. The molecule has 0 unspecified atom stereocenters. The second-order valence-electron chi connectivity index (χ2n) is 5.65. The Bertz CT molecular complexity index is 472. The lowest BCUT2D eigenvalue weighted by Crippen LogP contribution is -2.44. The van der Waals surface area contributed by atoms with Crippen LogP contribution >= 0.6 is 11.6 Å². The lowest BCUT2D eigenvalue weighted by Gasteiger charge is -2.35. The maximum absolute atomic E-state index is 12.7. The molecular weight excluding hydrogens is 272 g/mol. The topological polar surface area (TPSA) is 32.3 Å². The van der Waals surface area contributed by atoms with Gasteiger partial charge in [-0.3, -0.25) is 4.79 Å². The molecule has 0 saturated carbocycles. The molecule has 0 radical (unpaired) electrons. The smallest absolute Gasteiger partial charge is 0.256 e. The molecule has 0 fully saturated rings. The fraction of sp³-hybridized carbons (Fsp3) is 0.562. The van der Waals surface area contributed by atoms with E-state index in [2.05, 4.69) is 33.0 Å². The van der Waals surface area contributed by atoms with Crippen LogP contribution in [0.3, 0.4) is 0 Å². The molecule has 1 aromatic carbocycles. The zero-order valence-corrected chi connectivity index (χ0v) is 13.8. The second kappa shape index (κ2) is 6.98. The van der Waals surface area contributed by atoms with Crippen molar-refractivity contribution in [3.05, 3.63) is 28.8 Å². The minimum absolute atomic E-state index is 0.00190. The first kappa shape index (κ1) is 16.8. The molecule has 4 heteroatoms. The van der Waals surface area contributed by atoms with Gasteiger partial charge in [-0.1, -0.05) is 25.4 Å². The molecule has 0 spiro atoms. The number of carbonyl (C=O) groups excluding carboxylic acids is 1. The maximum Gasteiger partial charge on any atom is 0.256 e. The molecular formula is C16H25ClN2O. The van der Waals surface area contributed by atoms with E-state index in [9.17, 15) is 4.79 Å². The summed E-state index contributed by atoms with van der Waals surface area (Å²) in [6, 6.07) is 5.42. The van der Waals surface area contributed by atoms with Gasteiger partial charge in [-0.2, -0.15) is 0 Å². The van der Waals surface area contributed by atoms with Gasteiger partial charge in [0.2, 0.25) is 0 Å². The van der Waals surface area contributed by atoms with E-state index >= 15 is 0 Å². The number of benzene rings is 1. The molecule has 1 aromatic rings. The van der Waals surface area contributed by atoms with E-state index in [1.807, 2.05) is 13.1 Å². The zero-order chi connectivity index (χ0) is 15.3. The molecule has 3 nitrogen and oxygen atoms in total. The predicted octanol–water partition coefficient (Wildman–Crippen LogP) is 4.42. The molecule has 0 atom stereocenters. The highest BCUT2D eigenvalue weighted by atomic mass is 35.5. The Labute approximate surface area is 127 Å². The lowest BCUT2D eigenvalue weighted by atomic mass is 9.98. The highest BCUT2D eigenvalue weighted by molar-refractivity contribution is 6.31. The number of halogens is 1. The first-order valence-electron chi connectivity index (χ1n) is 7.15. The van der Waals surface area contributed by atoms with Crippen LogP contribution in [0.15, 0.2) is 18.2 Å². The van der Waals surface area contributed by atoms with Crippen LogP contribution in [-0.4, -0.2) is 29.9 Å². The Morgan fingerprint density at radius 3 is 2.55 bits per heavy atom. The van der Waals surface area contributed by atoms with Crippen molar-refractivity contribution >= 4 is 23.2 Å². The fourth-order valence-electron chi connectivity index (χ4n) is 1.80. The molecule has 0 aliphatic heterocycles. The molecule has 20 heavy (non-hydrogen) atoms. The summed E-state index contributed by atoms with van der Waals surface area (Å²) >= 11 is 6.05. The third-order valence-corrected chi connectivity index (χ3v) is 4.09. The third-order valence-electron chi connectivity index (χ3n) is 3.86. The number of rotatable bonds is 6. The van der Waals surface area contributed by atoms with Gasteiger partial charge in [-0.25, -0.2) is 0 Å². The SMILES string of the molecule is CCCNc1ccc(Cl)cc1C(=O)N(C)C(C)(C)CC. The number of nitrogens with one attached hydrogen (secondary N) is 1. The van der Waals surface area contributed by atoms with Crippen molar-refractivity contribution in [2.24, 2.45) is 0 Å². The molecule has 0 aliphatic carbocycles. The van der Waals surface area contributed by atoms with Crippen molar-refractivity contribution < 1.29 is 4.79 Å². The quantitative estimate of drug-likeness (QED) is 0.842. The van der Waals surface area contributed by atoms with Crippen molar-refractivity contribution in [2.75, 3.05) is 18.9 Å². The van der Waals surface area contributed by atoms with Crippen molar-refractivity contribution in [1.82, 2.24) is 4.90 Å². The number of anilines is 1. The van der Waals surface area contributed by atoms with E-state index in [0.717, 1.165) is 25.1 Å². The first-order valence-corrected chi connectivity index (χ1v) is 7.52. The summed E-state index contributed by atoms with van der Waals surface area (Å²) in [5.41, 5.74) is 1.30. The lowest BCUT2D eigenvalue weighted by molar-refractivity contribution is 0.0621. The Kier molecular flexibility index (Phi) is 5.88. The van der Waals surface area contributed by atoms with Crippen molar-refractivity contribution in [3.63, 3.8) is 0 Å². The summed E-state index contributed by atoms with van der Waals surface area (Å²) in [5.74, 6) is -0.00190. The molecule has 0 aromatic heterocycles. The van der Waals surface area contributed by atoms with Crippen LogP contribution in [0.1, 0.15) is 50.9 Å². The fourth-order valence-corrected chi connectivity index (χ4v) is 1.97. The minimum Gasteiger partial charge on any atom is -0.384 e. The molecule has 1 rings (SSSR count). The van der Waals surface area contributed by atoms with Crippen LogP contribution in [-0.2, 0) is 0 Å². The average molecular weight is 297 g/mol. The van der Waals surface area contributed by atoms with Crippen LogP contribution in [0.4, 0.5) is 5.69 Å². The standard InChI is InChI=1S/C16H25ClN2O/c1-6-10-18-14-9-8-12(17)11-13(14)15(20)19(5)16(3,4)7-2/h8-9,11,18H,6-7,10H2,1-5H3. The van der Waals surface area contributed by atoms with Crippen LogP contribution in [0.25, 0.3) is 0 Å². The van der Waals surface area contributed by atoms with E-state index in [4.69, 9.17) is 11.6 Å². The van der Waals surface area contributed by atoms with Crippen molar-refractivity contribution in [2.45, 2.75) is 46.1 Å². The summed E-state index contributed by atoms with van der Waals surface area (Å²) in [4.78, 5) is 14.5. The Hall–Kier alpha value is -1.22. The summed E-state index contributed by atoms with van der Waals surface area (Å²) in [7, 11) is 1.84. The average Bonchev–Trinajstić information content (AvgIpc) is 2.44. The van der Waals surface area contributed by atoms with E-state index in [-0.39, 0.29) is 11.4 Å². The molecule has 0 saturated heterocycles. The molecule has 0 bridgehead atoms.